The van der Waals surface area contributed by atoms with Gasteiger partial charge in [0.2, 0.25) is 0 Å². The van der Waals surface area contributed by atoms with Crippen molar-refractivity contribution in [1.82, 2.24) is 5.32 Å². The fraction of sp³-hybridized carbons (Fsp3) is 0.455. The molecule has 0 aliphatic carbocycles. The van der Waals surface area contributed by atoms with Gasteiger partial charge in [0.25, 0.3) is 0 Å². The van der Waals surface area contributed by atoms with Gasteiger partial charge in [0.1, 0.15) is 12.4 Å². The Morgan fingerprint density at radius 2 is 2.47 bits per heavy atom. The third kappa shape index (κ3) is 3.70. The van der Waals surface area contributed by atoms with E-state index in [1.165, 1.54) is 5.75 Å². The normalized spacial score (nSPS) is 21.3. The van der Waals surface area contributed by atoms with Gasteiger partial charge in [-0.1, -0.05) is 22.0 Å². The van der Waals surface area contributed by atoms with Crippen LogP contribution in [0.1, 0.15) is 0 Å². The number of nitrogens with one attached hydrogen (secondary N) is 1. The number of hydrogen-bond donors (Lipinski definition) is 1. The first-order chi connectivity index (χ1) is 7.34. The van der Waals surface area contributed by atoms with E-state index in [0.29, 0.717) is 6.04 Å². The summed E-state index contributed by atoms with van der Waals surface area (Å²) in [5.41, 5.74) is 0. The van der Waals surface area contributed by atoms with Crippen LogP contribution < -0.4 is 10.1 Å². The molecule has 82 valence electrons. The summed E-state index contributed by atoms with van der Waals surface area (Å²) >= 11 is 5.42. The van der Waals surface area contributed by atoms with E-state index in [2.05, 4.69) is 21.2 Å². The van der Waals surface area contributed by atoms with Crippen LogP contribution in [0.4, 0.5) is 0 Å². The summed E-state index contributed by atoms with van der Waals surface area (Å²) in [6, 6.07) is 8.46. The first-order valence-corrected chi connectivity index (χ1v) is 6.99. The first-order valence-electron chi connectivity index (χ1n) is 5.04. The summed E-state index contributed by atoms with van der Waals surface area (Å²) in [6.07, 6.45) is 0. The molecule has 1 unspecified atom stereocenters. The van der Waals surface area contributed by atoms with Crippen LogP contribution in [-0.4, -0.2) is 30.7 Å². The molecule has 0 saturated carbocycles. The van der Waals surface area contributed by atoms with Crippen molar-refractivity contribution in [2.45, 2.75) is 6.04 Å². The van der Waals surface area contributed by atoms with E-state index >= 15 is 0 Å². The Labute approximate surface area is 103 Å². The van der Waals surface area contributed by atoms with Gasteiger partial charge in [0.05, 0.1) is 6.04 Å². The Morgan fingerprint density at radius 1 is 1.53 bits per heavy atom. The lowest BCUT2D eigenvalue weighted by Gasteiger charge is -2.23. The van der Waals surface area contributed by atoms with Crippen LogP contribution in [0.3, 0.4) is 0 Å². The number of rotatable bonds is 3. The Kier molecular flexibility index (Phi) is 4.35. The van der Waals surface area contributed by atoms with E-state index in [1.807, 2.05) is 36.0 Å². The molecule has 1 aromatic carbocycles. The molecule has 4 heteroatoms. The largest absolute Gasteiger partial charge is 0.492 e. The molecule has 0 aromatic heterocycles. The Bertz CT molecular complexity index is 315. The van der Waals surface area contributed by atoms with Gasteiger partial charge in [-0.15, -0.1) is 0 Å². The quantitative estimate of drug-likeness (QED) is 0.923. The van der Waals surface area contributed by atoms with Crippen LogP contribution in [0.2, 0.25) is 0 Å². The molecule has 1 fully saturated rings. The van der Waals surface area contributed by atoms with Gasteiger partial charge in [-0.3, -0.25) is 0 Å². The Hall–Kier alpha value is -0.190. The summed E-state index contributed by atoms with van der Waals surface area (Å²) in [5.74, 6) is 3.29. The third-order valence-electron chi connectivity index (χ3n) is 2.25. The van der Waals surface area contributed by atoms with Gasteiger partial charge in [0, 0.05) is 22.5 Å². The number of ether oxygens (including phenoxy) is 1. The average Bonchev–Trinajstić information content (AvgIpc) is 2.28. The van der Waals surface area contributed by atoms with Gasteiger partial charge in [-0.25, -0.2) is 0 Å². The molecule has 2 nitrogen and oxygen atoms in total. The predicted molar refractivity (Wildman–Crippen MR) is 68.8 cm³/mol. The molecule has 1 aromatic rings. The first kappa shape index (κ1) is 11.3. The average molecular weight is 288 g/mol. The van der Waals surface area contributed by atoms with Gasteiger partial charge in [-0.05, 0) is 18.2 Å². The van der Waals surface area contributed by atoms with Crippen molar-refractivity contribution < 1.29 is 4.74 Å². The molecule has 1 heterocycles. The summed E-state index contributed by atoms with van der Waals surface area (Å²) in [7, 11) is 0. The topological polar surface area (TPSA) is 21.3 Å². The number of halogens is 1. The number of thioether (sulfide) groups is 1. The SMILES string of the molecule is Brc1cccc(OCC2CSCCN2)c1. The van der Waals surface area contributed by atoms with Gasteiger partial charge in [-0.2, -0.15) is 11.8 Å². The molecule has 15 heavy (non-hydrogen) atoms. The fourth-order valence-electron chi connectivity index (χ4n) is 1.48. The minimum Gasteiger partial charge on any atom is -0.492 e. The lowest BCUT2D eigenvalue weighted by atomic mass is 10.3. The molecule has 0 bridgehead atoms. The van der Waals surface area contributed by atoms with Gasteiger partial charge >= 0.3 is 0 Å². The van der Waals surface area contributed by atoms with Crippen LogP contribution in [0.5, 0.6) is 5.75 Å². The minimum atomic E-state index is 0.489. The second kappa shape index (κ2) is 5.77. The maximum absolute atomic E-state index is 5.72. The zero-order chi connectivity index (χ0) is 10.5. The summed E-state index contributed by atoms with van der Waals surface area (Å²) in [6.45, 7) is 1.85. The minimum absolute atomic E-state index is 0.489. The van der Waals surface area contributed by atoms with E-state index in [-0.39, 0.29) is 0 Å². The van der Waals surface area contributed by atoms with E-state index in [0.717, 1.165) is 29.1 Å². The second-order valence-corrected chi connectivity index (χ2v) is 5.56. The van der Waals surface area contributed by atoms with E-state index in [1.54, 1.807) is 0 Å². The van der Waals surface area contributed by atoms with Crippen molar-refractivity contribution in [3.63, 3.8) is 0 Å². The summed E-state index contributed by atoms with van der Waals surface area (Å²) in [5, 5.41) is 3.45. The number of benzene rings is 1. The molecule has 0 spiro atoms. The zero-order valence-electron chi connectivity index (χ0n) is 8.41. The highest BCUT2D eigenvalue weighted by Gasteiger charge is 2.13. The molecule has 1 aliphatic rings. The van der Waals surface area contributed by atoms with Crippen LogP contribution in [0.25, 0.3) is 0 Å². The molecular weight excluding hydrogens is 274 g/mol. The van der Waals surface area contributed by atoms with E-state index < -0.39 is 0 Å². The molecule has 1 atom stereocenters. The molecule has 1 saturated heterocycles. The van der Waals surface area contributed by atoms with Crippen LogP contribution in [-0.2, 0) is 0 Å². The maximum Gasteiger partial charge on any atom is 0.120 e. The van der Waals surface area contributed by atoms with Crippen LogP contribution >= 0.6 is 27.7 Å². The van der Waals surface area contributed by atoms with Crippen molar-refractivity contribution in [1.29, 1.82) is 0 Å². The highest BCUT2D eigenvalue weighted by Crippen LogP contribution is 2.18. The van der Waals surface area contributed by atoms with E-state index in [9.17, 15) is 0 Å². The predicted octanol–water partition coefficient (Wildman–Crippen LogP) is 2.53. The highest BCUT2D eigenvalue weighted by atomic mass is 79.9. The van der Waals surface area contributed by atoms with Crippen molar-refractivity contribution in [2.24, 2.45) is 0 Å². The molecule has 0 amide bonds. The fourth-order valence-corrected chi connectivity index (χ4v) is 2.79. The Morgan fingerprint density at radius 3 is 3.20 bits per heavy atom. The zero-order valence-corrected chi connectivity index (χ0v) is 10.8. The molecule has 1 aliphatic heterocycles. The molecule has 0 radical (unpaired) electrons. The van der Waals surface area contributed by atoms with Crippen molar-refractivity contribution in [3.8, 4) is 5.75 Å². The van der Waals surface area contributed by atoms with E-state index in [4.69, 9.17) is 4.74 Å². The van der Waals surface area contributed by atoms with Crippen molar-refractivity contribution in [2.75, 3.05) is 24.7 Å². The standard InChI is InChI=1S/C11H14BrNOS/c12-9-2-1-3-11(6-9)14-7-10-8-15-5-4-13-10/h1-3,6,10,13H,4-5,7-8H2. The summed E-state index contributed by atoms with van der Waals surface area (Å²) < 4.78 is 6.78. The smallest absolute Gasteiger partial charge is 0.120 e. The van der Waals surface area contributed by atoms with Crippen LogP contribution in [0, 0.1) is 0 Å². The maximum atomic E-state index is 5.72. The molecule has 2 rings (SSSR count). The van der Waals surface area contributed by atoms with Crippen LogP contribution in [0.15, 0.2) is 28.7 Å². The number of hydrogen-bond acceptors (Lipinski definition) is 3. The van der Waals surface area contributed by atoms with Gasteiger partial charge in [0.15, 0.2) is 0 Å². The second-order valence-electron chi connectivity index (χ2n) is 3.49. The lowest BCUT2D eigenvalue weighted by molar-refractivity contribution is 0.276. The monoisotopic (exact) mass is 287 g/mol. The van der Waals surface area contributed by atoms with Gasteiger partial charge < -0.3 is 10.1 Å². The molecular formula is C11H14BrNOS. The summed E-state index contributed by atoms with van der Waals surface area (Å²) in [4.78, 5) is 0. The van der Waals surface area contributed by atoms with Crippen molar-refractivity contribution >= 4 is 27.7 Å². The Balaban J connectivity index is 1.81. The van der Waals surface area contributed by atoms with Crippen molar-refractivity contribution in [3.05, 3.63) is 28.7 Å². The third-order valence-corrected chi connectivity index (χ3v) is 3.87. The molecule has 1 N–H and O–H groups in total. The lowest BCUT2D eigenvalue weighted by Crippen LogP contribution is -2.41. The highest BCUT2D eigenvalue weighted by molar-refractivity contribution is 9.10.